The van der Waals surface area contributed by atoms with Crippen LogP contribution in [0.25, 0.3) is 10.9 Å². The summed E-state index contributed by atoms with van der Waals surface area (Å²) < 4.78 is 0. The van der Waals surface area contributed by atoms with Gasteiger partial charge in [0.2, 0.25) is 5.91 Å². The molecule has 0 spiro atoms. The minimum Gasteiger partial charge on any atom is -0.361 e. The number of aromatic nitrogens is 1. The van der Waals surface area contributed by atoms with E-state index in [4.69, 9.17) is 0 Å². The second-order valence-electron chi connectivity index (χ2n) is 6.28. The first-order valence-corrected chi connectivity index (χ1v) is 8.44. The highest BCUT2D eigenvalue weighted by molar-refractivity contribution is 5.99. The number of H-pyrrole nitrogens is 1. The predicted molar refractivity (Wildman–Crippen MR) is 96.3 cm³/mol. The summed E-state index contributed by atoms with van der Waals surface area (Å²) in [6.07, 6.45) is 3.02. The van der Waals surface area contributed by atoms with Crippen molar-refractivity contribution in [2.45, 2.75) is 18.9 Å². The number of nitrogens with one attached hydrogen (secondary N) is 3. The summed E-state index contributed by atoms with van der Waals surface area (Å²) in [6.45, 7) is 0.572. The number of carbonyl (C=O) groups is 2. The Morgan fingerprint density at radius 3 is 2.80 bits per heavy atom. The van der Waals surface area contributed by atoms with E-state index in [1.54, 1.807) is 6.07 Å². The third kappa shape index (κ3) is 3.01. The van der Waals surface area contributed by atoms with E-state index in [-0.39, 0.29) is 24.3 Å². The van der Waals surface area contributed by atoms with Gasteiger partial charge in [0.25, 0.3) is 5.91 Å². The molecule has 0 unspecified atom stereocenters. The predicted octanol–water partition coefficient (Wildman–Crippen LogP) is 2.70. The summed E-state index contributed by atoms with van der Waals surface area (Å²) in [6, 6.07) is 15.3. The van der Waals surface area contributed by atoms with Gasteiger partial charge in [-0.2, -0.15) is 0 Å². The van der Waals surface area contributed by atoms with E-state index in [1.165, 1.54) is 10.9 Å². The SMILES string of the molecule is O=C(C[C@H]1NC(=O)c2ccccc21)NCCc1c[nH]c2ccccc12. The summed E-state index contributed by atoms with van der Waals surface area (Å²) >= 11 is 0. The molecule has 0 fully saturated rings. The summed E-state index contributed by atoms with van der Waals surface area (Å²) in [4.78, 5) is 27.4. The van der Waals surface area contributed by atoms with Gasteiger partial charge in [0.15, 0.2) is 0 Å². The third-order valence-electron chi connectivity index (χ3n) is 4.67. The second-order valence-corrected chi connectivity index (χ2v) is 6.28. The quantitative estimate of drug-likeness (QED) is 0.671. The van der Waals surface area contributed by atoms with Crippen LogP contribution in [-0.4, -0.2) is 23.3 Å². The Morgan fingerprint density at radius 2 is 1.88 bits per heavy atom. The van der Waals surface area contributed by atoms with E-state index in [0.29, 0.717) is 12.1 Å². The van der Waals surface area contributed by atoms with Gasteiger partial charge in [-0.25, -0.2) is 0 Å². The van der Waals surface area contributed by atoms with Crippen molar-refractivity contribution in [3.8, 4) is 0 Å². The summed E-state index contributed by atoms with van der Waals surface area (Å²) in [5, 5.41) is 7.02. The van der Waals surface area contributed by atoms with Crippen molar-refractivity contribution in [1.82, 2.24) is 15.6 Å². The van der Waals surface area contributed by atoms with Crippen LogP contribution in [0.2, 0.25) is 0 Å². The number of hydrogen-bond acceptors (Lipinski definition) is 2. The number of hydrogen-bond donors (Lipinski definition) is 3. The number of carbonyl (C=O) groups excluding carboxylic acids is 2. The van der Waals surface area contributed by atoms with Crippen LogP contribution < -0.4 is 10.6 Å². The molecule has 0 saturated carbocycles. The number of amides is 2. The molecule has 2 heterocycles. The van der Waals surface area contributed by atoms with Gasteiger partial charge in [-0.1, -0.05) is 36.4 Å². The Kier molecular flexibility index (Phi) is 3.98. The molecule has 1 aliphatic heterocycles. The fraction of sp³-hybridized carbons (Fsp3) is 0.200. The van der Waals surface area contributed by atoms with Gasteiger partial charge in [-0.15, -0.1) is 0 Å². The lowest BCUT2D eigenvalue weighted by Gasteiger charge is -2.11. The van der Waals surface area contributed by atoms with Crippen LogP contribution in [0.1, 0.15) is 33.9 Å². The Balaban J connectivity index is 1.34. The number of aromatic amines is 1. The maximum absolute atomic E-state index is 12.2. The lowest BCUT2D eigenvalue weighted by molar-refractivity contribution is -0.121. The molecule has 5 heteroatoms. The monoisotopic (exact) mass is 333 g/mol. The first-order chi connectivity index (χ1) is 12.2. The van der Waals surface area contributed by atoms with E-state index in [9.17, 15) is 9.59 Å². The minimum absolute atomic E-state index is 0.0538. The van der Waals surface area contributed by atoms with Crippen LogP contribution >= 0.6 is 0 Å². The highest BCUT2D eigenvalue weighted by Crippen LogP contribution is 2.27. The van der Waals surface area contributed by atoms with Crippen LogP contribution in [-0.2, 0) is 11.2 Å². The third-order valence-corrected chi connectivity index (χ3v) is 4.67. The molecule has 2 amide bonds. The van der Waals surface area contributed by atoms with Crippen LogP contribution in [0.4, 0.5) is 0 Å². The van der Waals surface area contributed by atoms with Crippen molar-refractivity contribution in [1.29, 1.82) is 0 Å². The Hall–Kier alpha value is -3.08. The molecule has 2 aromatic carbocycles. The van der Waals surface area contributed by atoms with Gasteiger partial charge in [0, 0.05) is 29.2 Å². The number of benzene rings is 2. The summed E-state index contributed by atoms with van der Waals surface area (Å²) in [5.41, 5.74) is 3.86. The fourth-order valence-electron chi connectivity index (χ4n) is 3.41. The molecule has 0 saturated heterocycles. The molecule has 3 N–H and O–H groups in total. The zero-order valence-electron chi connectivity index (χ0n) is 13.7. The lowest BCUT2D eigenvalue weighted by atomic mass is 10.0. The first-order valence-electron chi connectivity index (χ1n) is 8.44. The van der Waals surface area contributed by atoms with Crippen molar-refractivity contribution in [2.24, 2.45) is 0 Å². The Labute approximate surface area is 145 Å². The fourth-order valence-corrected chi connectivity index (χ4v) is 3.41. The summed E-state index contributed by atoms with van der Waals surface area (Å²) in [5.74, 6) is -0.158. The topological polar surface area (TPSA) is 74.0 Å². The Morgan fingerprint density at radius 1 is 1.08 bits per heavy atom. The average Bonchev–Trinajstić information content (AvgIpc) is 3.17. The minimum atomic E-state index is -0.239. The van der Waals surface area contributed by atoms with Gasteiger partial charge >= 0.3 is 0 Å². The van der Waals surface area contributed by atoms with E-state index < -0.39 is 0 Å². The zero-order valence-corrected chi connectivity index (χ0v) is 13.7. The number of para-hydroxylation sites is 1. The van der Waals surface area contributed by atoms with E-state index in [2.05, 4.69) is 21.7 Å². The summed E-state index contributed by atoms with van der Waals surface area (Å²) in [7, 11) is 0. The van der Waals surface area contributed by atoms with Crippen molar-refractivity contribution in [2.75, 3.05) is 6.54 Å². The highest BCUT2D eigenvalue weighted by Gasteiger charge is 2.29. The molecule has 0 aliphatic carbocycles. The maximum Gasteiger partial charge on any atom is 0.252 e. The van der Waals surface area contributed by atoms with Crippen LogP contribution in [0.5, 0.6) is 0 Å². The molecule has 1 atom stereocenters. The van der Waals surface area contributed by atoms with Gasteiger partial charge in [0.1, 0.15) is 0 Å². The lowest BCUT2D eigenvalue weighted by Crippen LogP contribution is -2.30. The largest absolute Gasteiger partial charge is 0.361 e. The van der Waals surface area contributed by atoms with E-state index >= 15 is 0 Å². The van der Waals surface area contributed by atoms with Gasteiger partial charge in [-0.05, 0) is 29.7 Å². The van der Waals surface area contributed by atoms with Crippen LogP contribution in [0.3, 0.4) is 0 Å². The molecule has 126 valence electrons. The smallest absolute Gasteiger partial charge is 0.252 e. The molecule has 3 aromatic rings. The van der Waals surface area contributed by atoms with Gasteiger partial charge in [0.05, 0.1) is 12.5 Å². The normalized spacial score (nSPS) is 15.8. The number of rotatable bonds is 5. The number of fused-ring (bicyclic) bond motifs is 2. The highest BCUT2D eigenvalue weighted by atomic mass is 16.2. The molecule has 25 heavy (non-hydrogen) atoms. The van der Waals surface area contributed by atoms with Gasteiger partial charge in [-0.3, -0.25) is 9.59 Å². The molecule has 0 radical (unpaired) electrons. The van der Waals surface area contributed by atoms with Crippen molar-refractivity contribution in [3.05, 3.63) is 71.4 Å². The molecule has 0 bridgehead atoms. The van der Waals surface area contributed by atoms with Crippen molar-refractivity contribution >= 4 is 22.7 Å². The molecular formula is C20H19N3O2. The molecule has 5 nitrogen and oxygen atoms in total. The zero-order chi connectivity index (χ0) is 17.2. The van der Waals surface area contributed by atoms with E-state index in [0.717, 1.165) is 17.5 Å². The second kappa shape index (κ2) is 6.43. The van der Waals surface area contributed by atoms with Gasteiger partial charge < -0.3 is 15.6 Å². The Bertz CT molecular complexity index is 945. The van der Waals surface area contributed by atoms with Crippen LogP contribution in [0.15, 0.2) is 54.7 Å². The average molecular weight is 333 g/mol. The molecule has 1 aliphatic rings. The first kappa shape index (κ1) is 15.4. The molecular weight excluding hydrogens is 314 g/mol. The van der Waals surface area contributed by atoms with Crippen LogP contribution in [0, 0.1) is 0 Å². The standard InChI is InChI=1S/C20H19N3O2/c24-19(11-18-15-6-1-2-7-16(15)20(25)23-18)21-10-9-13-12-22-17-8-4-3-5-14(13)17/h1-8,12,18,22H,9-11H2,(H,21,24)(H,23,25)/t18-/m1/s1. The van der Waals surface area contributed by atoms with Crippen molar-refractivity contribution in [3.63, 3.8) is 0 Å². The van der Waals surface area contributed by atoms with Crippen molar-refractivity contribution < 1.29 is 9.59 Å². The molecule has 1 aromatic heterocycles. The van der Waals surface area contributed by atoms with E-state index in [1.807, 2.05) is 42.6 Å². The molecule has 4 rings (SSSR count). The maximum atomic E-state index is 12.2.